The highest BCUT2D eigenvalue weighted by molar-refractivity contribution is 7.17. The maximum atomic E-state index is 14.9. The summed E-state index contributed by atoms with van der Waals surface area (Å²) in [6, 6.07) is 20.4. The highest BCUT2D eigenvalue weighted by Crippen LogP contribution is 2.64. The third-order valence-corrected chi connectivity index (χ3v) is 19.0. The molecule has 5 aromatic rings. The number of ketones is 2. The average molecular weight is 1080 g/mol. The van der Waals surface area contributed by atoms with Gasteiger partial charge in [-0.15, -0.1) is 22.7 Å². The molecular formula is C66H62F4N4O2S2. The van der Waals surface area contributed by atoms with E-state index in [9.17, 15) is 48.2 Å². The first kappa shape index (κ1) is 55.8. The first-order valence-electron chi connectivity index (χ1n) is 27.9. The number of halogens is 4. The number of nitrogens with zero attached hydrogens (tertiary/aromatic N) is 4. The van der Waals surface area contributed by atoms with Crippen LogP contribution >= 0.6 is 22.7 Å². The Kier molecular flexibility index (Phi) is 16.8. The Bertz CT molecular complexity index is 3290. The third-order valence-electron chi connectivity index (χ3n) is 16.7. The molecule has 0 radical (unpaired) electrons. The lowest BCUT2D eigenvalue weighted by Gasteiger charge is -2.34. The van der Waals surface area contributed by atoms with Crippen molar-refractivity contribution in [3.63, 3.8) is 0 Å². The zero-order valence-electron chi connectivity index (χ0n) is 44.8. The van der Waals surface area contributed by atoms with Crippen molar-refractivity contribution in [3.8, 4) is 45.2 Å². The summed E-state index contributed by atoms with van der Waals surface area (Å²) in [5.41, 5.74) is 5.50. The molecule has 398 valence electrons. The Morgan fingerprint density at radius 2 is 0.731 bits per heavy atom. The molecule has 0 saturated carbocycles. The molecule has 0 atom stereocenters. The van der Waals surface area contributed by atoms with Gasteiger partial charge in [-0.05, 0) is 131 Å². The van der Waals surface area contributed by atoms with Crippen LogP contribution in [-0.2, 0) is 10.8 Å². The van der Waals surface area contributed by atoms with Crippen molar-refractivity contribution >= 4 is 57.5 Å². The molecule has 0 spiro atoms. The van der Waals surface area contributed by atoms with Crippen molar-refractivity contribution in [1.82, 2.24) is 0 Å². The zero-order chi connectivity index (χ0) is 55.5. The molecule has 4 aliphatic carbocycles. The van der Waals surface area contributed by atoms with Gasteiger partial charge in [-0.2, -0.15) is 21.0 Å². The number of nitriles is 4. The van der Waals surface area contributed by atoms with Gasteiger partial charge in [0.05, 0.1) is 0 Å². The first-order chi connectivity index (χ1) is 37.8. The predicted molar refractivity (Wildman–Crippen MR) is 303 cm³/mol. The zero-order valence-corrected chi connectivity index (χ0v) is 46.5. The Morgan fingerprint density at radius 1 is 0.423 bits per heavy atom. The van der Waals surface area contributed by atoms with Crippen molar-refractivity contribution in [1.29, 1.82) is 21.0 Å². The fourth-order valence-electron chi connectivity index (χ4n) is 12.9. The minimum Gasteiger partial charge on any atom is -0.289 e. The van der Waals surface area contributed by atoms with Gasteiger partial charge in [0.15, 0.2) is 34.8 Å². The molecule has 0 amide bonds. The number of Topliss-reactive ketones (excluding diaryl/α,β-unsaturated/α-hetero) is 2. The molecule has 0 aliphatic heterocycles. The van der Waals surface area contributed by atoms with Crippen LogP contribution in [0, 0.1) is 68.6 Å². The van der Waals surface area contributed by atoms with E-state index in [0.29, 0.717) is 0 Å². The van der Waals surface area contributed by atoms with Crippen LogP contribution < -0.4 is 0 Å². The van der Waals surface area contributed by atoms with E-state index in [2.05, 4.69) is 52.0 Å². The molecule has 78 heavy (non-hydrogen) atoms. The van der Waals surface area contributed by atoms with Crippen molar-refractivity contribution < 1.29 is 27.2 Å². The maximum Gasteiger partial charge on any atom is 0.194 e. The molecular weight excluding hydrogens is 1020 g/mol. The summed E-state index contributed by atoms with van der Waals surface area (Å²) in [6.45, 7) is 8.81. The highest BCUT2D eigenvalue weighted by Gasteiger charge is 2.50. The SMILES string of the molecule is CCCCCCC1(CCCCCC)c2cc3c(cc2-c2sc(/C=C4\C(=O)c5cc(F)c(F)cc5C4=C(C#N)C#N)cc21)C(CCCCCC)(CCCCCC)c1cc(/C=C2\C(=O)c4cc(F)c(F)cc4C2=C(C#N)C#N)sc1-3. The number of fused-ring (bicyclic) bond motifs is 8. The van der Waals surface area contributed by atoms with Crippen LogP contribution in [0.3, 0.4) is 0 Å². The second-order valence-electron chi connectivity index (χ2n) is 21.5. The van der Waals surface area contributed by atoms with Crippen molar-refractivity contribution in [2.45, 2.75) is 167 Å². The van der Waals surface area contributed by atoms with Crippen LogP contribution in [0.2, 0.25) is 0 Å². The van der Waals surface area contributed by atoms with E-state index < -0.39 is 45.7 Å². The Balaban J connectivity index is 1.28. The summed E-state index contributed by atoms with van der Waals surface area (Å²) in [5.74, 6) is -5.90. The molecule has 3 aromatic carbocycles. The fraction of sp³-hybridized carbons (Fsp3) is 0.394. The second kappa shape index (κ2) is 23.6. The predicted octanol–water partition coefficient (Wildman–Crippen LogP) is 18.9. The molecule has 0 fully saturated rings. The Labute approximate surface area is 463 Å². The number of carbonyl (C=O) groups excluding carboxylic acids is 2. The number of hydrogen-bond donors (Lipinski definition) is 0. The standard InChI is InChI=1S/C66H62F4N4O2S2/c1-5-9-13-17-21-65(22-18-14-10-6-2)51-29-48-52(30-47(51)63-53(65)27-41(77-63)25-49-59(39(35-71)36-72)43-31-55(67)57(69)33-45(43)61(49)75)66(23-19-15-11-7-3,24-20-16-12-8-4)54-28-42(78-64(48)54)26-50-60(40(37-73)38-74)44-32-56(68)58(70)34-46(44)62(50)76/h25-34H,5-24H2,1-4H3/b49-25-,50-26-. The van der Waals surface area contributed by atoms with E-state index in [1.807, 2.05) is 24.3 Å². The van der Waals surface area contributed by atoms with Gasteiger partial charge in [0.25, 0.3) is 0 Å². The van der Waals surface area contributed by atoms with E-state index in [0.717, 1.165) is 183 Å². The average Bonchev–Trinajstić information content (AvgIpc) is 4.46. The summed E-state index contributed by atoms with van der Waals surface area (Å²) in [6.07, 6.45) is 23.6. The van der Waals surface area contributed by atoms with Gasteiger partial charge < -0.3 is 0 Å². The van der Waals surface area contributed by atoms with E-state index in [4.69, 9.17) is 0 Å². The quantitative estimate of drug-likeness (QED) is 0.0294. The van der Waals surface area contributed by atoms with Crippen molar-refractivity contribution in [2.24, 2.45) is 0 Å². The molecule has 2 heterocycles. The van der Waals surface area contributed by atoms with Crippen molar-refractivity contribution in [3.05, 3.63) is 148 Å². The largest absolute Gasteiger partial charge is 0.289 e. The smallest absolute Gasteiger partial charge is 0.194 e. The Morgan fingerprint density at radius 3 is 1.03 bits per heavy atom. The fourth-order valence-corrected chi connectivity index (χ4v) is 15.4. The van der Waals surface area contributed by atoms with Crippen LogP contribution in [-0.4, -0.2) is 11.6 Å². The number of rotatable bonds is 22. The maximum absolute atomic E-state index is 14.9. The number of hydrogen-bond acceptors (Lipinski definition) is 8. The van der Waals surface area contributed by atoms with Gasteiger partial charge in [-0.1, -0.05) is 130 Å². The first-order valence-corrected chi connectivity index (χ1v) is 29.5. The summed E-state index contributed by atoms with van der Waals surface area (Å²) < 4.78 is 59.2. The number of unbranched alkanes of at least 4 members (excludes halogenated alkanes) is 12. The number of benzene rings is 3. The Hall–Kier alpha value is -6.96. The number of carbonyl (C=O) groups is 2. The van der Waals surface area contributed by atoms with Crippen LogP contribution in [0.1, 0.15) is 220 Å². The van der Waals surface area contributed by atoms with E-state index in [-0.39, 0.29) is 55.7 Å². The molecule has 12 heteroatoms. The van der Waals surface area contributed by atoms with Gasteiger partial charge in [-0.3, -0.25) is 9.59 Å². The van der Waals surface area contributed by atoms with Crippen LogP contribution in [0.25, 0.3) is 44.2 Å². The molecule has 6 nitrogen and oxygen atoms in total. The van der Waals surface area contributed by atoms with Crippen molar-refractivity contribution in [2.75, 3.05) is 0 Å². The number of allylic oxidation sites excluding steroid dienone is 6. The number of thiophene rings is 2. The van der Waals surface area contributed by atoms with Gasteiger partial charge in [0.1, 0.15) is 35.4 Å². The molecule has 9 rings (SSSR count). The minimum atomic E-state index is -1.19. The normalized spacial score (nSPS) is 15.9. The molecule has 0 saturated heterocycles. The summed E-state index contributed by atoms with van der Waals surface area (Å²) >= 11 is 3.12. The second-order valence-corrected chi connectivity index (χ2v) is 23.6. The lowest BCUT2D eigenvalue weighted by atomic mass is 9.68. The molecule has 0 N–H and O–H groups in total. The molecule has 4 aliphatic rings. The van der Waals surface area contributed by atoms with Gasteiger partial charge in [0.2, 0.25) is 0 Å². The van der Waals surface area contributed by atoms with Crippen LogP contribution in [0.15, 0.2) is 70.8 Å². The van der Waals surface area contributed by atoms with E-state index in [1.54, 1.807) is 34.8 Å². The lowest BCUT2D eigenvalue weighted by Crippen LogP contribution is -2.27. The lowest BCUT2D eigenvalue weighted by molar-refractivity contribution is 0.103. The topological polar surface area (TPSA) is 129 Å². The monoisotopic (exact) mass is 1080 g/mol. The summed E-state index contributed by atoms with van der Waals surface area (Å²) in [5, 5.41) is 40.6. The highest BCUT2D eigenvalue weighted by atomic mass is 32.1. The van der Waals surface area contributed by atoms with Gasteiger partial charge in [-0.25, -0.2) is 17.6 Å². The molecule has 0 unspecified atom stereocenters. The molecule has 0 bridgehead atoms. The van der Waals surface area contributed by atoms with E-state index in [1.165, 1.54) is 22.3 Å². The van der Waals surface area contributed by atoms with Crippen LogP contribution in [0.4, 0.5) is 17.6 Å². The van der Waals surface area contributed by atoms with Crippen LogP contribution in [0.5, 0.6) is 0 Å². The minimum absolute atomic E-state index is 0.000560. The van der Waals surface area contributed by atoms with E-state index >= 15 is 0 Å². The summed E-state index contributed by atoms with van der Waals surface area (Å²) in [4.78, 5) is 32.2. The van der Waals surface area contributed by atoms with Gasteiger partial charge in [0, 0.05) is 63.8 Å². The van der Waals surface area contributed by atoms with Gasteiger partial charge >= 0.3 is 0 Å². The molecule has 2 aromatic heterocycles. The third kappa shape index (κ3) is 9.75. The summed E-state index contributed by atoms with van der Waals surface area (Å²) in [7, 11) is 0.